The third-order valence-electron chi connectivity index (χ3n) is 4.40. The van der Waals surface area contributed by atoms with E-state index in [-0.39, 0.29) is 0 Å². The lowest BCUT2D eigenvalue weighted by Gasteiger charge is -2.26. The lowest BCUT2D eigenvalue weighted by atomic mass is 10.1. The first kappa shape index (κ1) is 21.6. The Labute approximate surface area is 165 Å². The predicted octanol–water partition coefficient (Wildman–Crippen LogP) is 5.24. The predicted molar refractivity (Wildman–Crippen MR) is 121 cm³/mol. The molecule has 0 aliphatic carbocycles. The first-order valence-electron chi connectivity index (χ1n) is 9.21. The Bertz CT molecular complexity index is 800. The number of hydrogen-bond donors (Lipinski definition) is 0. The Balaban J connectivity index is 2.26. The van der Waals surface area contributed by atoms with Gasteiger partial charge in [-0.1, -0.05) is 23.8 Å². The smallest absolute Gasteiger partial charge is 0.168 e. The average molecular weight is 385 g/mol. The fourth-order valence-electron chi connectivity index (χ4n) is 3.19. The van der Waals surface area contributed by atoms with Crippen molar-refractivity contribution >= 4 is 31.2 Å². The number of allylic oxidation sites excluding steroid dienone is 2. The zero-order valence-corrected chi connectivity index (χ0v) is 19.0. The summed E-state index contributed by atoms with van der Waals surface area (Å²) in [6, 6.07) is 4.36. The quantitative estimate of drug-likeness (QED) is 0.496. The summed E-state index contributed by atoms with van der Waals surface area (Å²) in [6.45, 7) is 10.4. The molecule has 0 N–H and O–H groups in total. The molecule has 0 bridgehead atoms. The maximum absolute atomic E-state index is 4.90. The van der Waals surface area contributed by atoms with E-state index in [9.17, 15) is 0 Å². The summed E-state index contributed by atoms with van der Waals surface area (Å²) < 4.78 is 9.20. The zero-order chi connectivity index (χ0) is 20.3. The lowest BCUT2D eigenvalue weighted by molar-refractivity contribution is 0.575. The molecule has 1 aliphatic heterocycles. The van der Waals surface area contributed by atoms with Gasteiger partial charge >= 0.3 is 0 Å². The van der Waals surface area contributed by atoms with Crippen LogP contribution in [0.25, 0.3) is 0 Å². The Morgan fingerprint density at radius 3 is 2.04 bits per heavy atom. The fourth-order valence-corrected chi connectivity index (χ4v) is 4.65. The van der Waals surface area contributed by atoms with E-state index in [4.69, 9.17) is 14.7 Å². The highest BCUT2D eigenvalue weighted by atomic mass is 31.1. The molecule has 0 saturated carbocycles. The molecule has 0 saturated heterocycles. The molecule has 27 heavy (non-hydrogen) atoms. The number of aliphatic imine (C=N–C) groups is 2. The van der Waals surface area contributed by atoms with Crippen LogP contribution >= 0.6 is 8.37 Å². The van der Waals surface area contributed by atoms with Crippen molar-refractivity contribution in [1.82, 2.24) is 9.34 Å². The van der Waals surface area contributed by atoms with E-state index in [2.05, 4.69) is 83.4 Å². The van der Waals surface area contributed by atoms with E-state index in [0.717, 1.165) is 34.9 Å². The summed E-state index contributed by atoms with van der Waals surface area (Å²) in [7, 11) is 7.55. The van der Waals surface area contributed by atoms with Gasteiger partial charge in [-0.2, -0.15) is 0 Å². The molecule has 0 radical (unpaired) electrons. The van der Waals surface area contributed by atoms with Crippen molar-refractivity contribution in [3.8, 4) is 0 Å². The first-order chi connectivity index (χ1) is 12.6. The normalized spacial score (nSPS) is 15.9. The molecule has 1 aliphatic rings. The van der Waals surface area contributed by atoms with Crippen molar-refractivity contribution < 1.29 is 0 Å². The second-order valence-electron chi connectivity index (χ2n) is 7.44. The number of benzene rings is 1. The Morgan fingerprint density at radius 2 is 1.52 bits per heavy atom. The van der Waals surface area contributed by atoms with Crippen LogP contribution in [-0.4, -0.2) is 54.7 Å². The van der Waals surface area contributed by atoms with Crippen LogP contribution < -0.4 is 0 Å². The van der Waals surface area contributed by atoms with Crippen molar-refractivity contribution in [2.45, 2.75) is 41.0 Å². The van der Waals surface area contributed by atoms with E-state index in [1.807, 2.05) is 6.92 Å². The summed E-state index contributed by atoms with van der Waals surface area (Å²) in [5.41, 5.74) is 8.68. The third-order valence-corrected chi connectivity index (χ3v) is 6.31. The molecular weight excluding hydrogens is 353 g/mol. The van der Waals surface area contributed by atoms with Crippen LogP contribution in [0.15, 0.2) is 38.7 Å². The summed E-state index contributed by atoms with van der Waals surface area (Å²) in [5, 5.41) is 0. The summed E-state index contributed by atoms with van der Waals surface area (Å²) in [5.74, 6) is 0. The zero-order valence-electron chi connectivity index (χ0n) is 18.1. The van der Waals surface area contributed by atoms with Crippen molar-refractivity contribution in [3.05, 3.63) is 40.6 Å². The SMILES string of the molecule is CC(=Nc1c(C)cc(C)cc1C)C1=CCC(/C(C)=N/P(N(C)C)N(C)C)=N1. The van der Waals surface area contributed by atoms with Gasteiger partial charge in [-0.05, 0) is 73.9 Å². The Morgan fingerprint density at radius 1 is 0.963 bits per heavy atom. The third kappa shape index (κ3) is 5.41. The minimum Gasteiger partial charge on any atom is -0.258 e. The van der Waals surface area contributed by atoms with Gasteiger partial charge in [0.2, 0.25) is 0 Å². The van der Waals surface area contributed by atoms with Gasteiger partial charge in [0.25, 0.3) is 0 Å². The molecule has 5 nitrogen and oxygen atoms in total. The largest absolute Gasteiger partial charge is 0.258 e. The Hall–Kier alpha value is -1.68. The van der Waals surface area contributed by atoms with E-state index in [0.29, 0.717) is 0 Å². The molecule has 2 rings (SSSR count). The van der Waals surface area contributed by atoms with Gasteiger partial charge in [0.15, 0.2) is 8.37 Å². The maximum Gasteiger partial charge on any atom is 0.168 e. The highest BCUT2D eigenvalue weighted by molar-refractivity contribution is 7.51. The molecule has 0 amide bonds. The van der Waals surface area contributed by atoms with Gasteiger partial charge < -0.3 is 0 Å². The summed E-state index contributed by atoms with van der Waals surface area (Å²) >= 11 is 0. The van der Waals surface area contributed by atoms with Gasteiger partial charge in [0.1, 0.15) is 0 Å². The molecule has 146 valence electrons. The fraction of sp³-hybridized carbons (Fsp3) is 0.476. The number of nitrogens with zero attached hydrogens (tertiary/aromatic N) is 5. The van der Waals surface area contributed by atoms with Crippen molar-refractivity contribution in [1.29, 1.82) is 0 Å². The average Bonchev–Trinajstić information content (AvgIpc) is 3.05. The van der Waals surface area contributed by atoms with E-state index < -0.39 is 8.37 Å². The Kier molecular flexibility index (Phi) is 7.21. The van der Waals surface area contributed by atoms with E-state index in [1.54, 1.807) is 0 Å². The molecule has 1 heterocycles. The second kappa shape index (κ2) is 9.01. The number of aryl methyl sites for hydroxylation is 3. The highest BCUT2D eigenvalue weighted by Gasteiger charge is 2.18. The van der Waals surface area contributed by atoms with Gasteiger partial charge in [0.05, 0.1) is 28.5 Å². The highest BCUT2D eigenvalue weighted by Crippen LogP contribution is 2.41. The minimum atomic E-state index is -0.695. The topological polar surface area (TPSA) is 43.6 Å². The van der Waals surface area contributed by atoms with Crippen LogP contribution in [0.3, 0.4) is 0 Å². The molecule has 0 unspecified atom stereocenters. The first-order valence-corrected chi connectivity index (χ1v) is 10.4. The standard InChI is InChI=1S/C21H32N5P/c1-14-12-15(2)21(16(3)13-14)22-17(4)19-10-11-20(23-19)18(5)24-27(25(6)7)26(8)9/h10,12-13H,11H2,1-9H3/b22-17?,24-18+. The number of rotatable bonds is 6. The molecule has 1 aromatic carbocycles. The monoisotopic (exact) mass is 385 g/mol. The summed E-state index contributed by atoms with van der Waals surface area (Å²) in [6.07, 6.45) is 2.97. The molecule has 0 aromatic heterocycles. The molecule has 0 atom stereocenters. The minimum absolute atomic E-state index is 0.695. The van der Waals surface area contributed by atoms with E-state index >= 15 is 0 Å². The maximum atomic E-state index is 4.90. The van der Waals surface area contributed by atoms with Crippen LogP contribution in [0.5, 0.6) is 0 Å². The molecule has 1 aromatic rings. The van der Waals surface area contributed by atoms with Gasteiger partial charge in [-0.3, -0.25) is 14.3 Å². The molecule has 0 spiro atoms. The van der Waals surface area contributed by atoms with Gasteiger partial charge in [-0.25, -0.2) is 9.76 Å². The van der Waals surface area contributed by atoms with Crippen molar-refractivity contribution in [3.63, 3.8) is 0 Å². The van der Waals surface area contributed by atoms with Crippen molar-refractivity contribution in [2.75, 3.05) is 28.2 Å². The van der Waals surface area contributed by atoms with Gasteiger partial charge in [0, 0.05) is 6.42 Å². The summed E-state index contributed by atoms with van der Waals surface area (Å²) in [4.78, 5) is 9.70. The van der Waals surface area contributed by atoms with Crippen LogP contribution in [0.4, 0.5) is 5.69 Å². The second-order valence-corrected chi connectivity index (χ2v) is 9.78. The van der Waals surface area contributed by atoms with Crippen LogP contribution in [0, 0.1) is 20.8 Å². The number of hydrogen-bond acceptors (Lipinski definition) is 5. The van der Waals surface area contributed by atoms with Crippen LogP contribution in [-0.2, 0) is 0 Å². The van der Waals surface area contributed by atoms with Gasteiger partial charge in [-0.15, -0.1) is 0 Å². The molecule has 6 heteroatoms. The van der Waals surface area contributed by atoms with E-state index in [1.165, 1.54) is 16.7 Å². The molecule has 0 fully saturated rings. The lowest BCUT2D eigenvalue weighted by Crippen LogP contribution is -2.17. The van der Waals surface area contributed by atoms with Crippen molar-refractivity contribution in [2.24, 2.45) is 14.7 Å². The van der Waals surface area contributed by atoms with Crippen LogP contribution in [0.2, 0.25) is 0 Å². The molecular formula is C21H32N5P. The van der Waals surface area contributed by atoms with Crippen LogP contribution in [0.1, 0.15) is 37.0 Å².